The first-order chi connectivity index (χ1) is 23.0. The summed E-state index contributed by atoms with van der Waals surface area (Å²) in [7, 11) is -8.94. The van der Waals surface area contributed by atoms with Crippen molar-refractivity contribution >= 4 is 58.0 Å². The molecule has 8 nitrogen and oxygen atoms in total. The Balaban J connectivity index is 0.000000333. The van der Waals surface area contributed by atoms with Gasteiger partial charge in [-0.05, 0) is 97.5 Å². The van der Waals surface area contributed by atoms with Crippen LogP contribution >= 0.6 is 0 Å². The fourth-order valence-electron chi connectivity index (χ4n) is 4.97. The van der Waals surface area contributed by atoms with Crippen LogP contribution < -0.4 is 9.47 Å². The molecule has 0 aliphatic heterocycles. The predicted molar refractivity (Wildman–Crippen MR) is 193 cm³/mol. The third-order valence-corrected chi connectivity index (χ3v) is 9.31. The van der Waals surface area contributed by atoms with Crippen LogP contribution in [0.1, 0.15) is 89.2 Å². The van der Waals surface area contributed by atoms with Crippen LogP contribution in [-0.2, 0) is 33.1 Å². The Hall–Kier alpha value is -2.44. The molecule has 0 fully saturated rings. The first-order valence-electron chi connectivity index (χ1n) is 16.6. The molecule has 0 aromatic heterocycles. The summed E-state index contributed by atoms with van der Waals surface area (Å²) in [5, 5.41) is 0. The third kappa shape index (κ3) is 16.9. The average Bonchev–Trinajstić information content (AvgIpc) is 3.06. The van der Waals surface area contributed by atoms with Crippen LogP contribution in [0.2, 0.25) is 0 Å². The maximum absolute atomic E-state index is 11.0. The Morgan fingerprint density at radius 3 is 1.14 bits per heavy atom. The molecule has 0 radical (unpaired) electrons. The van der Waals surface area contributed by atoms with E-state index in [9.17, 15) is 25.9 Å². The molecule has 0 bridgehead atoms. The van der Waals surface area contributed by atoms with Gasteiger partial charge in [0.2, 0.25) is 0 Å². The molecule has 4 aromatic carbocycles. The minimum Gasteiger partial charge on any atom is -0.744 e. The molecule has 0 spiro atoms. The maximum atomic E-state index is 11.0. The molecule has 4 rings (SSSR count). The minimum atomic E-state index is -4.47. The van der Waals surface area contributed by atoms with Crippen molar-refractivity contribution in [2.24, 2.45) is 0 Å². The van der Waals surface area contributed by atoms with E-state index in [2.05, 4.69) is 13.8 Å². The fourth-order valence-corrected chi connectivity index (χ4v) is 5.98. The second kappa shape index (κ2) is 22.4. The summed E-state index contributed by atoms with van der Waals surface area (Å²) in [5.41, 5.74) is 2.52. The zero-order valence-electron chi connectivity index (χ0n) is 28.5. The summed E-state index contributed by atoms with van der Waals surface area (Å²) >= 11 is 0. The quantitative estimate of drug-likeness (QED) is 0.0561. The minimum absolute atomic E-state index is 0. The molecule has 0 aliphatic carbocycles. The maximum Gasteiger partial charge on any atom is 2.00 e. The molecule has 11 heteroatoms. The molecule has 49 heavy (non-hydrogen) atoms. The number of hydrogen-bond donors (Lipinski definition) is 0. The van der Waals surface area contributed by atoms with Crippen molar-refractivity contribution in [3.05, 3.63) is 108 Å². The van der Waals surface area contributed by atoms with Gasteiger partial charge >= 0.3 is 37.7 Å². The molecular weight excluding hydrogens is 689 g/mol. The van der Waals surface area contributed by atoms with Gasteiger partial charge in [0.1, 0.15) is 43.2 Å². The normalized spacial score (nSPS) is 11.2. The van der Waals surface area contributed by atoms with Crippen LogP contribution in [0, 0.1) is 0 Å². The zero-order chi connectivity index (χ0) is 34.8. The van der Waals surface area contributed by atoms with Crippen molar-refractivity contribution in [2.75, 3.05) is 0 Å². The van der Waals surface area contributed by atoms with E-state index in [1.165, 1.54) is 112 Å². The van der Waals surface area contributed by atoms with E-state index in [-0.39, 0.29) is 47.5 Å². The van der Waals surface area contributed by atoms with E-state index < -0.39 is 20.2 Å². The predicted octanol–water partition coefficient (Wildman–Crippen LogP) is 9.41. The largest absolute Gasteiger partial charge is 2.00 e. The molecule has 260 valence electrons. The zero-order valence-corrected chi connectivity index (χ0v) is 32.4. The van der Waals surface area contributed by atoms with Crippen molar-refractivity contribution in [3.8, 4) is 23.0 Å². The third-order valence-electron chi connectivity index (χ3n) is 7.64. The summed E-state index contributed by atoms with van der Waals surface area (Å²) in [6, 6.07) is 26.7. The molecular formula is C38H46CaO8S2. The molecule has 0 aliphatic rings. The van der Waals surface area contributed by atoms with E-state index in [0.29, 0.717) is 23.0 Å². The van der Waals surface area contributed by atoms with Crippen LogP contribution in [0.5, 0.6) is 23.0 Å². The Morgan fingerprint density at radius 1 is 0.469 bits per heavy atom. The summed E-state index contributed by atoms with van der Waals surface area (Å²) in [5.74, 6) is 1.90. The van der Waals surface area contributed by atoms with Gasteiger partial charge in [-0.1, -0.05) is 102 Å². The number of unbranched alkanes of at least 4 members (excludes halogenated alkanes) is 8. The number of aryl methyl sites for hydroxylation is 2. The summed E-state index contributed by atoms with van der Waals surface area (Å²) in [6.07, 6.45) is 14.6. The number of ether oxygens (including phenoxy) is 2. The monoisotopic (exact) mass is 734 g/mol. The molecule has 0 saturated carbocycles. The Labute approximate surface area is 322 Å². The molecule has 0 heterocycles. The van der Waals surface area contributed by atoms with Gasteiger partial charge in [-0.25, -0.2) is 16.8 Å². The smallest absolute Gasteiger partial charge is 0.744 e. The second-order valence-corrected chi connectivity index (χ2v) is 14.4. The average molecular weight is 735 g/mol. The summed E-state index contributed by atoms with van der Waals surface area (Å²) < 4.78 is 77.5. The van der Waals surface area contributed by atoms with E-state index in [0.717, 1.165) is 12.8 Å². The first-order valence-corrected chi connectivity index (χ1v) is 19.4. The van der Waals surface area contributed by atoms with E-state index in [1.54, 1.807) is 12.1 Å². The van der Waals surface area contributed by atoms with E-state index >= 15 is 0 Å². The van der Waals surface area contributed by atoms with Crippen LogP contribution in [0.25, 0.3) is 0 Å². The van der Waals surface area contributed by atoms with Gasteiger partial charge in [0.05, 0.1) is 9.79 Å². The molecule has 0 N–H and O–H groups in total. The van der Waals surface area contributed by atoms with E-state index in [1.807, 2.05) is 48.5 Å². The molecule has 4 aromatic rings. The van der Waals surface area contributed by atoms with Crippen molar-refractivity contribution in [3.63, 3.8) is 0 Å². The fraction of sp³-hybridized carbons (Fsp3) is 0.368. The van der Waals surface area contributed by atoms with Gasteiger partial charge in [-0.3, -0.25) is 0 Å². The van der Waals surface area contributed by atoms with Gasteiger partial charge < -0.3 is 18.6 Å². The number of hydrogen-bond acceptors (Lipinski definition) is 8. The summed E-state index contributed by atoms with van der Waals surface area (Å²) in [6.45, 7) is 4.42. The molecule has 0 atom stereocenters. The van der Waals surface area contributed by atoms with Gasteiger partial charge in [-0.15, -0.1) is 0 Å². The van der Waals surface area contributed by atoms with Crippen molar-refractivity contribution in [1.29, 1.82) is 0 Å². The van der Waals surface area contributed by atoms with Gasteiger partial charge in [0.25, 0.3) is 0 Å². The Bertz CT molecular complexity index is 1610. The summed E-state index contributed by atoms with van der Waals surface area (Å²) in [4.78, 5) is -0.576. The van der Waals surface area contributed by atoms with Crippen LogP contribution in [0.15, 0.2) is 107 Å². The van der Waals surface area contributed by atoms with Crippen molar-refractivity contribution in [2.45, 2.75) is 101 Å². The van der Waals surface area contributed by atoms with Gasteiger partial charge in [0.15, 0.2) is 0 Å². The van der Waals surface area contributed by atoms with Crippen LogP contribution in [0.3, 0.4) is 0 Å². The number of rotatable bonds is 18. The standard InChI is InChI=1S/2C19H24O4S.Ca/c2*1-2-3-4-5-6-8-16-11-13-17(14-12-16)23-18-9-7-10-19(15-18)24(20,21)22;/h2*7,9-15H,2-6,8H2,1H3,(H,20,21,22);/q;;+2/p-2. The molecule has 0 unspecified atom stereocenters. The molecule has 0 amide bonds. The van der Waals surface area contributed by atoms with Crippen molar-refractivity contribution < 1.29 is 35.4 Å². The topological polar surface area (TPSA) is 133 Å². The van der Waals surface area contributed by atoms with Gasteiger partial charge in [0, 0.05) is 0 Å². The Morgan fingerprint density at radius 2 is 0.816 bits per heavy atom. The van der Waals surface area contributed by atoms with Gasteiger partial charge in [-0.2, -0.15) is 0 Å². The molecule has 0 saturated heterocycles. The van der Waals surface area contributed by atoms with E-state index in [4.69, 9.17) is 9.47 Å². The Kier molecular flexibility index (Phi) is 19.5. The van der Waals surface area contributed by atoms with Crippen molar-refractivity contribution in [1.82, 2.24) is 0 Å². The van der Waals surface area contributed by atoms with Crippen LogP contribution in [-0.4, -0.2) is 63.7 Å². The first kappa shape index (κ1) is 42.7. The van der Waals surface area contributed by atoms with Crippen LogP contribution in [0.4, 0.5) is 0 Å². The second-order valence-electron chi connectivity index (χ2n) is 11.7. The number of benzene rings is 4. The SMILES string of the molecule is CCCCCCCc1ccc(Oc2cccc(S(=O)(=O)[O-])c2)cc1.CCCCCCCc1ccc(Oc2cccc(S(=O)(=O)[O-])c2)cc1.[Ca+2].